The molecule has 2 rings (SSSR count). The molecule has 0 unspecified atom stereocenters. The number of ether oxygens (including phenoxy) is 2. The standard InChI is InChI=1S/C14H16N2O5/c1-3-5-12-15-11(16-21-12)8-20-13-9(14(17)18)6-4-7-10(13)19-2/h4,6-7H,3,5,8H2,1-2H3,(H,17,18). The van der Waals surface area contributed by atoms with Crippen molar-refractivity contribution in [2.75, 3.05) is 7.11 Å². The Morgan fingerprint density at radius 1 is 1.43 bits per heavy atom. The number of nitrogens with zero attached hydrogens (tertiary/aromatic N) is 2. The summed E-state index contributed by atoms with van der Waals surface area (Å²) in [6, 6.07) is 4.66. The highest BCUT2D eigenvalue weighted by atomic mass is 16.5. The van der Waals surface area contributed by atoms with Gasteiger partial charge >= 0.3 is 5.97 Å². The van der Waals surface area contributed by atoms with E-state index in [1.165, 1.54) is 13.2 Å². The van der Waals surface area contributed by atoms with E-state index in [0.29, 0.717) is 23.9 Å². The van der Waals surface area contributed by atoms with Crippen molar-refractivity contribution in [3.05, 3.63) is 35.5 Å². The van der Waals surface area contributed by atoms with Crippen LogP contribution in [0.25, 0.3) is 0 Å². The molecule has 0 atom stereocenters. The molecule has 0 aliphatic heterocycles. The maximum atomic E-state index is 11.2. The molecule has 112 valence electrons. The zero-order valence-corrected chi connectivity index (χ0v) is 11.8. The van der Waals surface area contributed by atoms with Crippen molar-refractivity contribution in [3.63, 3.8) is 0 Å². The van der Waals surface area contributed by atoms with Gasteiger partial charge in [-0.05, 0) is 18.6 Å². The Kier molecular flexibility index (Phi) is 4.76. The predicted molar refractivity (Wildman–Crippen MR) is 72.6 cm³/mol. The van der Waals surface area contributed by atoms with Crippen LogP contribution in [0.1, 0.15) is 35.4 Å². The van der Waals surface area contributed by atoms with Gasteiger partial charge in [-0.25, -0.2) is 4.79 Å². The Balaban J connectivity index is 2.16. The Morgan fingerprint density at radius 2 is 2.24 bits per heavy atom. The predicted octanol–water partition coefficient (Wildman–Crippen LogP) is 2.31. The zero-order valence-electron chi connectivity index (χ0n) is 11.8. The fraction of sp³-hybridized carbons (Fsp3) is 0.357. The molecular weight excluding hydrogens is 276 g/mol. The Morgan fingerprint density at radius 3 is 2.90 bits per heavy atom. The molecule has 1 N–H and O–H groups in total. The van der Waals surface area contributed by atoms with Crippen molar-refractivity contribution in [1.29, 1.82) is 0 Å². The molecule has 0 aliphatic carbocycles. The van der Waals surface area contributed by atoms with E-state index < -0.39 is 5.97 Å². The van der Waals surface area contributed by atoms with Crippen LogP contribution in [0.15, 0.2) is 22.7 Å². The molecule has 1 heterocycles. The number of aromatic carboxylic acids is 1. The number of aryl methyl sites for hydroxylation is 1. The normalized spacial score (nSPS) is 10.4. The summed E-state index contributed by atoms with van der Waals surface area (Å²) < 4.78 is 15.7. The topological polar surface area (TPSA) is 94.7 Å². The molecular formula is C14H16N2O5. The number of carboxylic acids is 1. The molecule has 7 nitrogen and oxygen atoms in total. The first-order valence-corrected chi connectivity index (χ1v) is 6.50. The number of methoxy groups -OCH3 is 1. The highest BCUT2D eigenvalue weighted by Crippen LogP contribution is 2.31. The molecule has 1 aromatic heterocycles. The molecule has 0 aliphatic rings. The molecule has 0 bridgehead atoms. The first-order valence-electron chi connectivity index (χ1n) is 6.50. The van der Waals surface area contributed by atoms with Gasteiger partial charge in [0.25, 0.3) is 0 Å². The summed E-state index contributed by atoms with van der Waals surface area (Å²) in [6.07, 6.45) is 1.60. The minimum absolute atomic E-state index is 0.00781. The number of hydrogen-bond donors (Lipinski definition) is 1. The Hall–Kier alpha value is -2.57. The third-order valence-corrected chi connectivity index (χ3v) is 2.75. The van der Waals surface area contributed by atoms with Gasteiger partial charge in [0.1, 0.15) is 5.56 Å². The Bertz CT molecular complexity index is 624. The monoisotopic (exact) mass is 292 g/mol. The van der Waals surface area contributed by atoms with Crippen LogP contribution in [0.5, 0.6) is 11.5 Å². The number of aromatic nitrogens is 2. The van der Waals surface area contributed by atoms with E-state index >= 15 is 0 Å². The largest absolute Gasteiger partial charge is 0.493 e. The maximum Gasteiger partial charge on any atom is 0.339 e. The van der Waals surface area contributed by atoms with Gasteiger partial charge in [-0.15, -0.1) is 0 Å². The van der Waals surface area contributed by atoms with Crippen molar-refractivity contribution < 1.29 is 23.9 Å². The SMILES string of the molecule is CCCc1nc(COc2c(OC)cccc2C(=O)O)no1. The van der Waals surface area contributed by atoms with E-state index in [0.717, 1.165) is 6.42 Å². The molecule has 0 saturated heterocycles. The van der Waals surface area contributed by atoms with Gasteiger partial charge in [0.15, 0.2) is 18.1 Å². The zero-order chi connectivity index (χ0) is 15.2. The summed E-state index contributed by atoms with van der Waals surface area (Å²) in [7, 11) is 1.45. The third-order valence-electron chi connectivity index (χ3n) is 2.75. The van der Waals surface area contributed by atoms with Crippen molar-refractivity contribution in [2.45, 2.75) is 26.4 Å². The van der Waals surface area contributed by atoms with Gasteiger partial charge < -0.3 is 19.1 Å². The lowest BCUT2D eigenvalue weighted by atomic mass is 10.2. The highest BCUT2D eigenvalue weighted by molar-refractivity contribution is 5.92. The average Bonchev–Trinajstić information content (AvgIpc) is 2.92. The Labute approximate surface area is 121 Å². The van der Waals surface area contributed by atoms with Gasteiger partial charge in [0.2, 0.25) is 11.7 Å². The summed E-state index contributed by atoms with van der Waals surface area (Å²) in [5, 5.41) is 13.0. The van der Waals surface area contributed by atoms with E-state index in [1.54, 1.807) is 12.1 Å². The van der Waals surface area contributed by atoms with E-state index in [9.17, 15) is 9.90 Å². The van der Waals surface area contributed by atoms with Crippen LogP contribution < -0.4 is 9.47 Å². The summed E-state index contributed by atoms with van der Waals surface area (Å²) in [5.41, 5.74) is 0.0200. The molecule has 2 aromatic rings. The van der Waals surface area contributed by atoms with Crippen LogP contribution >= 0.6 is 0 Å². The number of carboxylic acid groups (broad SMARTS) is 1. The van der Waals surface area contributed by atoms with E-state index in [1.807, 2.05) is 6.92 Å². The molecule has 0 radical (unpaired) electrons. The fourth-order valence-corrected chi connectivity index (χ4v) is 1.79. The molecule has 0 spiro atoms. The quantitative estimate of drug-likeness (QED) is 0.836. The number of benzene rings is 1. The lowest BCUT2D eigenvalue weighted by Gasteiger charge is -2.11. The number of para-hydroxylation sites is 1. The minimum atomic E-state index is -1.09. The number of carbonyl (C=O) groups is 1. The molecule has 0 saturated carbocycles. The fourth-order valence-electron chi connectivity index (χ4n) is 1.79. The molecule has 1 aromatic carbocycles. The number of rotatable bonds is 7. The van der Waals surface area contributed by atoms with Crippen molar-refractivity contribution >= 4 is 5.97 Å². The van der Waals surface area contributed by atoms with Gasteiger partial charge in [-0.3, -0.25) is 0 Å². The summed E-state index contributed by atoms with van der Waals surface area (Å²) in [6.45, 7) is 2.02. The first-order chi connectivity index (χ1) is 10.2. The van der Waals surface area contributed by atoms with E-state index in [2.05, 4.69) is 10.1 Å². The number of hydrogen-bond acceptors (Lipinski definition) is 6. The maximum absolute atomic E-state index is 11.2. The van der Waals surface area contributed by atoms with Crippen LogP contribution in [0.3, 0.4) is 0 Å². The van der Waals surface area contributed by atoms with Crippen LogP contribution in [0.2, 0.25) is 0 Å². The van der Waals surface area contributed by atoms with Crippen LogP contribution in [-0.2, 0) is 13.0 Å². The third kappa shape index (κ3) is 3.50. The highest BCUT2D eigenvalue weighted by Gasteiger charge is 2.17. The smallest absolute Gasteiger partial charge is 0.339 e. The van der Waals surface area contributed by atoms with Crippen molar-refractivity contribution in [3.8, 4) is 11.5 Å². The minimum Gasteiger partial charge on any atom is -0.493 e. The summed E-state index contributed by atoms with van der Waals surface area (Å²) >= 11 is 0. The average molecular weight is 292 g/mol. The lowest BCUT2D eigenvalue weighted by molar-refractivity contribution is 0.0690. The van der Waals surface area contributed by atoms with Crippen molar-refractivity contribution in [1.82, 2.24) is 10.1 Å². The summed E-state index contributed by atoms with van der Waals surface area (Å²) in [5.74, 6) is 0.292. The lowest BCUT2D eigenvalue weighted by Crippen LogP contribution is -2.06. The molecule has 0 fully saturated rings. The molecule has 7 heteroatoms. The molecule has 21 heavy (non-hydrogen) atoms. The van der Waals surface area contributed by atoms with Crippen LogP contribution in [0.4, 0.5) is 0 Å². The van der Waals surface area contributed by atoms with Gasteiger partial charge in [0, 0.05) is 6.42 Å². The second-order valence-electron chi connectivity index (χ2n) is 4.29. The van der Waals surface area contributed by atoms with Crippen LogP contribution in [0, 0.1) is 0 Å². The second-order valence-corrected chi connectivity index (χ2v) is 4.29. The van der Waals surface area contributed by atoms with E-state index in [-0.39, 0.29) is 17.9 Å². The molecule has 0 amide bonds. The van der Waals surface area contributed by atoms with Crippen LogP contribution in [-0.4, -0.2) is 28.3 Å². The van der Waals surface area contributed by atoms with Crippen molar-refractivity contribution in [2.24, 2.45) is 0 Å². The first kappa shape index (κ1) is 14.8. The van der Waals surface area contributed by atoms with Gasteiger partial charge in [-0.1, -0.05) is 18.1 Å². The van der Waals surface area contributed by atoms with Gasteiger partial charge in [-0.2, -0.15) is 4.98 Å². The second kappa shape index (κ2) is 6.74. The van der Waals surface area contributed by atoms with E-state index in [4.69, 9.17) is 14.0 Å². The van der Waals surface area contributed by atoms with Gasteiger partial charge in [0.05, 0.1) is 7.11 Å². The summed E-state index contributed by atoms with van der Waals surface area (Å²) in [4.78, 5) is 15.4.